The lowest BCUT2D eigenvalue weighted by Crippen LogP contribution is -2.03. The summed E-state index contributed by atoms with van der Waals surface area (Å²) in [5, 5.41) is 12.6. The molecule has 0 aliphatic heterocycles. The van der Waals surface area contributed by atoms with E-state index in [1.807, 2.05) is 18.2 Å². The summed E-state index contributed by atoms with van der Waals surface area (Å²) in [6.45, 7) is 0.519. The fourth-order valence-corrected chi connectivity index (χ4v) is 2.58. The van der Waals surface area contributed by atoms with E-state index < -0.39 is 5.97 Å². The molecule has 0 aromatic heterocycles. The number of carbonyl (C=O) groups is 1. The molecular weight excluding hydrogens is 358 g/mol. The lowest BCUT2D eigenvalue weighted by Gasteiger charge is -2.11. The van der Waals surface area contributed by atoms with Gasteiger partial charge in [-0.25, -0.2) is 4.79 Å². The van der Waals surface area contributed by atoms with Gasteiger partial charge in [0.2, 0.25) is 0 Å². The summed E-state index contributed by atoms with van der Waals surface area (Å²) in [4.78, 5) is 11.0. The van der Waals surface area contributed by atoms with Crippen LogP contribution in [0.25, 0.3) is 0 Å². The summed E-state index contributed by atoms with van der Waals surface area (Å²) in [6, 6.07) is 10.3. The maximum Gasteiger partial charge on any atom is 0.335 e. The molecule has 0 amide bonds. The van der Waals surface area contributed by atoms with Gasteiger partial charge >= 0.3 is 5.97 Å². The molecule has 110 valence electrons. The van der Waals surface area contributed by atoms with E-state index in [1.54, 1.807) is 13.2 Å². The number of anilines is 1. The van der Waals surface area contributed by atoms with Crippen molar-refractivity contribution in [3.63, 3.8) is 0 Å². The van der Waals surface area contributed by atoms with Crippen molar-refractivity contribution in [3.05, 3.63) is 57.0 Å². The van der Waals surface area contributed by atoms with Crippen molar-refractivity contribution < 1.29 is 14.6 Å². The summed E-state index contributed by atoms with van der Waals surface area (Å²) in [5.74, 6) is -0.230. The van der Waals surface area contributed by atoms with Gasteiger partial charge in [0.25, 0.3) is 0 Å². The lowest BCUT2D eigenvalue weighted by atomic mass is 10.2. The van der Waals surface area contributed by atoms with Crippen molar-refractivity contribution in [3.8, 4) is 5.75 Å². The van der Waals surface area contributed by atoms with Crippen LogP contribution < -0.4 is 10.1 Å². The number of hydrogen-bond donors (Lipinski definition) is 2. The Balaban J connectivity index is 2.14. The van der Waals surface area contributed by atoms with Crippen molar-refractivity contribution in [1.82, 2.24) is 0 Å². The van der Waals surface area contributed by atoms with Gasteiger partial charge in [0.1, 0.15) is 5.75 Å². The van der Waals surface area contributed by atoms with Crippen LogP contribution in [0.5, 0.6) is 5.75 Å². The number of benzene rings is 2. The first-order valence-electron chi connectivity index (χ1n) is 6.10. The Kier molecular flexibility index (Phi) is 5.09. The van der Waals surface area contributed by atoms with E-state index in [0.717, 1.165) is 15.8 Å². The van der Waals surface area contributed by atoms with Crippen LogP contribution in [-0.2, 0) is 6.54 Å². The average molecular weight is 371 g/mol. The topological polar surface area (TPSA) is 58.6 Å². The average Bonchev–Trinajstić information content (AvgIpc) is 2.46. The minimum Gasteiger partial charge on any atom is -0.496 e. The van der Waals surface area contributed by atoms with E-state index >= 15 is 0 Å². The van der Waals surface area contributed by atoms with E-state index in [-0.39, 0.29) is 5.56 Å². The third-order valence-corrected chi connectivity index (χ3v) is 3.86. The van der Waals surface area contributed by atoms with Crippen LogP contribution in [0.4, 0.5) is 5.69 Å². The largest absolute Gasteiger partial charge is 0.496 e. The quantitative estimate of drug-likeness (QED) is 0.818. The highest BCUT2D eigenvalue weighted by Crippen LogP contribution is 2.27. The van der Waals surface area contributed by atoms with E-state index in [1.165, 1.54) is 12.1 Å². The maximum atomic E-state index is 11.0. The first kappa shape index (κ1) is 15.7. The van der Waals surface area contributed by atoms with Crippen molar-refractivity contribution in [2.75, 3.05) is 12.4 Å². The molecule has 2 N–H and O–H groups in total. The molecule has 0 aliphatic rings. The summed E-state index contributed by atoms with van der Waals surface area (Å²) in [6.07, 6.45) is 0. The summed E-state index contributed by atoms with van der Waals surface area (Å²) >= 11 is 9.48. The van der Waals surface area contributed by atoms with Crippen LogP contribution in [0.1, 0.15) is 15.9 Å². The molecule has 6 heteroatoms. The fourth-order valence-electron chi connectivity index (χ4n) is 1.81. The van der Waals surface area contributed by atoms with Gasteiger partial charge in [-0.05, 0) is 51.8 Å². The van der Waals surface area contributed by atoms with Gasteiger partial charge in [0.15, 0.2) is 0 Å². The van der Waals surface area contributed by atoms with Crippen LogP contribution in [0, 0.1) is 0 Å². The molecular formula is C15H13BrClNO3. The predicted octanol–water partition coefficient (Wildman–Crippen LogP) is 4.42. The Morgan fingerprint density at radius 1 is 1.33 bits per heavy atom. The highest BCUT2D eigenvalue weighted by molar-refractivity contribution is 9.10. The second kappa shape index (κ2) is 6.83. The standard InChI is InChI=1S/C15H13BrClNO3/c1-21-14-5-2-9(6-11(14)16)8-18-13-7-10(15(19)20)3-4-12(13)17/h2-7,18H,8H2,1H3,(H,19,20). The number of carboxylic acids is 1. The molecule has 0 heterocycles. The Labute approximate surface area is 135 Å². The molecule has 4 nitrogen and oxygen atoms in total. The molecule has 0 unspecified atom stereocenters. The predicted molar refractivity (Wildman–Crippen MR) is 86.4 cm³/mol. The second-order valence-electron chi connectivity index (χ2n) is 4.32. The molecule has 0 bridgehead atoms. The number of halogens is 2. The molecule has 0 saturated heterocycles. The third-order valence-electron chi connectivity index (χ3n) is 2.91. The Hall–Kier alpha value is -1.72. The number of ether oxygens (including phenoxy) is 1. The monoisotopic (exact) mass is 369 g/mol. The van der Waals surface area contributed by atoms with Gasteiger partial charge in [-0.1, -0.05) is 17.7 Å². The highest BCUT2D eigenvalue weighted by atomic mass is 79.9. The zero-order valence-electron chi connectivity index (χ0n) is 11.2. The summed E-state index contributed by atoms with van der Waals surface area (Å²) < 4.78 is 6.03. The molecule has 2 aromatic carbocycles. The Bertz CT molecular complexity index is 676. The Morgan fingerprint density at radius 3 is 2.71 bits per heavy atom. The zero-order valence-corrected chi connectivity index (χ0v) is 13.5. The number of aromatic carboxylic acids is 1. The smallest absolute Gasteiger partial charge is 0.335 e. The normalized spacial score (nSPS) is 10.2. The van der Waals surface area contributed by atoms with Crippen LogP contribution in [-0.4, -0.2) is 18.2 Å². The fraction of sp³-hybridized carbons (Fsp3) is 0.133. The summed E-state index contributed by atoms with van der Waals surface area (Å²) in [7, 11) is 1.61. The SMILES string of the molecule is COc1ccc(CNc2cc(C(=O)O)ccc2Cl)cc1Br. The van der Waals surface area contributed by atoms with Gasteiger partial charge in [0.05, 0.1) is 27.9 Å². The molecule has 0 atom stereocenters. The van der Waals surface area contributed by atoms with Gasteiger partial charge < -0.3 is 15.2 Å². The van der Waals surface area contributed by atoms with Crippen LogP contribution in [0.15, 0.2) is 40.9 Å². The number of hydrogen-bond acceptors (Lipinski definition) is 3. The Morgan fingerprint density at radius 2 is 2.10 bits per heavy atom. The first-order chi connectivity index (χ1) is 10.0. The van der Waals surface area contributed by atoms with Crippen molar-refractivity contribution >= 4 is 39.2 Å². The van der Waals surface area contributed by atoms with Gasteiger partial charge in [-0.15, -0.1) is 0 Å². The molecule has 21 heavy (non-hydrogen) atoms. The molecule has 0 aliphatic carbocycles. The van der Waals surface area contributed by atoms with Crippen molar-refractivity contribution in [2.24, 2.45) is 0 Å². The first-order valence-corrected chi connectivity index (χ1v) is 7.27. The number of methoxy groups -OCH3 is 1. The minimum absolute atomic E-state index is 0.192. The summed E-state index contributed by atoms with van der Waals surface area (Å²) in [5.41, 5.74) is 1.79. The van der Waals surface area contributed by atoms with Crippen molar-refractivity contribution in [2.45, 2.75) is 6.54 Å². The zero-order chi connectivity index (χ0) is 15.4. The molecule has 0 fully saturated rings. The number of carboxylic acid groups (broad SMARTS) is 1. The van der Waals surface area contributed by atoms with Crippen LogP contribution in [0.2, 0.25) is 5.02 Å². The van der Waals surface area contributed by atoms with Gasteiger partial charge in [-0.3, -0.25) is 0 Å². The van der Waals surface area contributed by atoms with Crippen molar-refractivity contribution in [1.29, 1.82) is 0 Å². The van der Waals surface area contributed by atoms with Gasteiger partial charge in [0, 0.05) is 6.54 Å². The molecule has 2 aromatic rings. The number of rotatable bonds is 5. The van der Waals surface area contributed by atoms with Crippen LogP contribution >= 0.6 is 27.5 Å². The second-order valence-corrected chi connectivity index (χ2v) is 5.58. The maximum absolute atomic E-state index is 11.0. The van der Waals surface area contributed by atoms with Gasteiger partial charge in [-0.2, -0.15) is 0 Å². The minimum atomic E-state index is -0.984. The van der Waals surface area contributed by atoms with Crippen LogP contribution in [0.3, 0.4) is 0 Å². The van der Waals surface area contributed by atoms with E-state index in [0.29, 0.717) is 17.3 Å². The molecule has 2 rings (SSSR count). The molecule has 0 spiro atoms. The molecule has 0 saturated carbocycles. The lowest BCUT2D eigenvalue weighted by molar-refractivity contribution is 0.0697. The van der Waals surface area contributed by atoms with E-state index in [9.17, 15) is 4.79 Å². The van der Waals surface area contributed by atoms with E-state index in [4.69, 9.17) is 21.4 Å². The van der Waals surface area contributed by atoms with E-state index in [2.05, 4.69) is 21.2 Å². The third kappa shape index (κ3) is 3.89. The number of nitrogens with one attached hydrogen (secondary N) is 1. The molecule has 0 radical (unpaired) electrons. The highest BCUT2D eigenvalue weighted by Gasteiger charge is 2.08.